The zero-order valence-electron chi connectivity index (χ0n) is 5.72. The minimum Gasteiger partial charge on any atom is -0.475 e. The summed E-state index contributed by atoms with van der Waals surface area (Å²) < 4.78 is 5.03. The van der Waals surface area contributed by atoms with Crippen molar-refractivity contribution in [1.29, 1.82) is 0 Å². The first-order valence-corrected chi connectivity index (χ1v) is 3.07. The molecule has 0 aromatic heterocycles. The van der Waals surface area contributed by atoms with Gasteiger partial charge < -0.3 is 4.74 Å². The van der Waals surface area contributed by atoms with Crippen LogP contribution in [0.15, 0.2) is 4.79 Å². The second-order valence-electron chi connectivity index (χ2n) is 2.97. The fraction of sp³-hybridized carbons (Fsp3) is 0.429. The van der Waals surface area contributed by atoms with E-state index in [0.717, 1.165) is 0 Å². The van der Waals surface area contributed by atoms with Crippen LogP contribution in [-0.2, 0) is 0 Å². The largest absolute Gasteiger partial charge is 0.475 e. The van der Waals surface area contributed by atoms with Gasteiger partial charge in [-0.2, -0.15) is 0 Å². The van der Waals surface area contributed by atoms with Gasteiger partial charge in [0.2, 0.25) is 11.2 Å². The van der Waals surface area contributed by atoms with Crippen molar-refractivity contribution < 1.29 is 9.53 Å². The van der Waals surface area contributed by atoms with Crippen molar-refractivity contribution in [1.82, 2.24) is 0 Å². The molecule has 0 N–H and O–H groups in total. The molecule has 0 unspecified atom stereocenters. The molecule has 1 aromatic carbocycles. The van der Waals surface area contributed by atoms with E-state index in [0.29, 0.717) is 0 Å². The predicted molar refractivity (Wildman–Crippen MR) is 34.1 cm³/mol. The highest BCUT2D eigenvalue weighted by Crippen LogP contribution is 2.36. The monoisotopic (exact) mass is 138 g/mol. The Morgan fingerprint density at radius 3 is 2.20 bits per heavy atom. The van der Waals surface area contributed by atoms with Crippen LogP contribution in [0.3, 0.4) is 0 Å². The maximum atomic E-state index is 11.1. The topological polar surface area (TPSA) is 43.4 Å². The SMILES string of the molecule is CC1(C)Oc2c(c2=O)C1=O. The van der Waals surface area contributed by atoms with Crippen LogP contribution in [0.2, 0.25) is 0 Å². The first-order chi connectivity index (χ1) is 4.54. The molecule has 1 aliphatic rings. The molecule has 0 bridgehead atoms. The standard InChI is InChI=1S/C7H6O3/c1-7(2)6(9)3-4(8)5(3)10-7/h1-2H3. The Hall–Kier alpha value is -1.12. The number of hydrogen-bond acceptors (Lipinski definition) is 3. The Balaban J connectivity index is 2.48. The van der Waals surface area contributed by atoms with Crippen molar-refractivity contribution in [2.45, 2.75) is 19.4 Å². The number of Topliss-reactive ketones (excluding diaryl/α,β-unsaturated/α-hetero) is 1. The summed E-state index contributed by atoms with van der Waals surface area (Å²) in [6, 6.07) is 0. The Bertz CT molecular complexity index is 326. The molecule has 0 saturated heterocycles. The number of fused-ring (bicyclic) bond motifs is 1. The lowest BCUT2D eigenvalue weighted by atomic mass is 10.0. The summed E-state index contributed by atoms with van der Waals surface area (Å²) in [5, 5.41) is 0. The molecule has 10 heavy (non-hydrogen) atoms. The molecular weight excluding hydrogens is 132 g/mol. The van der Waals surface area contributed by atoms with E-state index in [-0.39, 0.29) is 22.5 Å². The lowest BCUT2D eigenvalue weighted by Crippen LogP contribution is -2.35. The van der Waals surface area contributed by atoms with Crippen molar-refractivity contribution in [2.24, 2.45) is 0 Å². The van der Waals surface area contributed by atoms with Gasteiger partial charge in [0, 0.05) is 0 Å². The third-order valence-electron chi connectivity index (χ3n) is 1.73. The molecule has 0 amide bonds. The van der Waals surface area contributed by atoms with Crippen molar-refractivity contribution in [3.63, 3.8) is 0 Å². The summed E-state index contributed by atoms with van der Waals surface area (Å²) >= 11 is 0. The second-order valence-corrected chi connectivity index (χ2v) is 2.97. The van der Waals surface area contributed by atoms with E-state index in [2.05, 4.69) is 0 Å². The van der Waals surface area contributed by atoms with Gasteiger partial charge in [0.25, 0.3) is 0 Å². The molecule has 3 heteroatoms. The lowest BCUT2D eigenvalue weighted by molar-refractivity contribution is 0.0668. The summed E-state index contributed by atoms with van der Waals surface area (Å²) in [7, 11) is 0. The Morgan fingerprint density at radius 2 is 1.90 bits per heavy atom. The molecule has 0 fully saturated rings. The van der Waals surface area contributed by atoms with Gasteiger partial charge in [-0.3, -0.25) is 9.59 Å². The molecule has 3 nitrogen and oxygen atoms in total. The Morgan fingerprint density at radius 1 is 1.30 bits per heavy atom. The van der Waals surface area contributed by atoms with Crippen molar-refractivity contribution in [3.8, 4) is 5.75 Å². The van der Waals surface area contributed by atoms with Gasteiger partial charge in [-0.25, -0.2) is 0 Å². The fourth-order valence-electron chi connectivity index (χ4n) is 1.06. The van der Waals surface area contributed by atoms with E-state index in [9.17, 15) is 9.59 Å². The van der Waals surface area contributed by atoms with E-state index in [4.69, 9.17) is 4.74 Å². The van der Waals surface area contributed by atoms with Gasteiger partial charge in [-0.05, 0) is 13.8 Å². The molecule has 0 atom stereocenters. The normalized spacial score (nSPS) is 21.2. The quantitative estimate of drug-likeness (QED) is 0.517. The number of carbonyl (C=O) groups is 1. The van der Waals surface area contributed by atoms with E-state index in [1.165, 1.54) is 0 Å². The number of ether oxygens (including phenoxy) is 1. The lowest BCUT2D eigenvalue weighted by Gasteiger charge is -2.15. The molecular formula is C7H6O3. The zero-order valence-corrected chi connectivity index (χ0v) is 5.72. The number of hydrogen-bond donors (Lipinski definition) is 0. The molecule has 2 rings (SSSR count). The maximum Gasteiger partial charge on any atom is 0.236 e. The molecule has 1 aliphatic heterocycles. The highest BCUT2D eigenvalue weighted by molar-refractivity contribution is 6.11. The van der Waals surface area contributed by atoms with E-state index >= 15 is 0 Å². The number of ketones is 1. The average Bonchev–Trinajstić information content (AvgIpc) is 2.31. The number of rotatable bonds is 0. The van der Waals surface area contributed by atoms with Crippen LogP contribution in [0, 0.1) is 0 Å². The van der Waals surface area contributed by atoms with Crippen LogP contribution in [0.5, 0.6) is 5.75 Å². The summed E-state index contributed by atoms with van der Waals surface area (Å²) in [5.41, 5.74) is -0.701. The molecule has 52 valence electrons. The minimum absolute atomic E-state index is 0.174. The predicted octanol–water partition coefficient (Wildman–Crippen LogP) is 0.276. The summed E-state index contributed by atoms with van der Waals surface area (Å²) in [6.45, 7) is 3.32. The molecule has 0 spiro atoms. The summed E-state index contributed by atoms with van der Waals surface area (Å²) in [4.78, 5) is 21.7. The molecule has 1 heterocycles. The number of carbonyl (C=O) groups excluding carboxylic acids is 1. The van der Waals surface area contributed by atoms with Crippen LogP contribution < -0.4 is 10.2 Å². The summed E-state index contributed by atoms with van der Waals surface area (Å²) in [5.74, 6) is 0.113. The van der Waals surface area contributed by atoms with Gasteiger partial charge in [-0.15, -0.1) is 0 Å². The van der Waals surface area contributed by atoms with Crippen LogP contribution in [0.4, 0.5) is 0 Å². The van der Waals surface area contributed by atoms with Gasteiger partial charge in [0.15, 0.2) is 11.4 Å². The van der Waals surface area contributed by atoms with E-state index < -0.39 is 5.60 Å². The summed E-state index contributed by atoms with van der Waals surface area (Å²) in [6.07, 6.45) is 0. The van der Waals surface area contributed by atoms with Gasteiger partial charge >= 0.3 is 0 Å². The average molecular weight is 138 g/mol. The van der Waals surface area contributed by atoms with Crippen LogP contribution in [-0.4, -0.2) is 11.4 Å². The zero-order chi connectivity index (χ0) is 7.52. The molecule has 0 aliphatic carbocycles. The Kier molecular flexibility index (Phi) is 0.659. The van der Waals surface area contributed by atoms with E-state index in [1.54, 1.807) is 13.8 Å². The molecule has 1 aromatic rings. The molecule has 0 radical (unpaired) electrons. The van der Waals surface area contributed by atoms with Crippen molar-refractivity contribution >= 4 is 5.78 Å². The third kappa shape index (κ3) is 0.417. The second kappa shape index (κ2) is 1.17. The Labute approximate surface area is 57.3 Å². The maximum absolute atomic E-state index is 11.1. The smallest absolute Gasteiger partial charge is 0.236 e. The highest BCUT2D eigenvalue weighted by atomic mass is 16.5. The van der Waals surface area contributed by atoms with Gasteiger partial charge in [0.05, 0.1) is 0 Å². The molecule has 0 saturated carbocycles. The first kappa shape index (κ1) is 5.65. The highest BCUT2D eigenvalue weighted by Gasteiger charge is 2.49. The third-order valence-corrected chi connectivity index (χ3v) is 1.73. The van der Waals surface area contributed by atoms with E-state index in [1.807, 2.05) is 0 Å². The van der Waals surface area contributed by atoms with Crippen LogP contribution in [0.1, 0.15) is 24.2 Å². The minimum atomic E-state index is -0.779. The van der Waals surface area contributed by atoms with Crippen molar-refractivity contribution in [3.05, 3.63) is 15.8 Å². The van der Waals surface area contributed by atoms with Gasteiger partial charge in [-0.1, -0.05) is 0 Å². The van der Waals surface area contributed by atoms with Crippen LogP contribution >= 0.6 is 0 Å². The van der Waals surface area contributed by atoms with Gasteiger partial charge in [0.1, 0.15) is 5.56 Å². The van der Waals surface area contributed by atoms with Crippen LogP contribution in [0.25, 0.3) is 0 Å². The fourth-order valence-corrected chi connectivity index (χ4v) is 1.06. The first-order valence-electron chi connectivity index (χ1n) is 3.07. The van der Waals surface area contributed by atoms with Crippen molar-refractivity contribution in [2.75, 3.05) is 0 Å².